The molecule has 1 aliphatic rings. The fourth-order valence-electron chi connectivity index (χ4n) is 3.62. The molecule has 28 heavy (non-hydrogen) atoms. The van der Waals surface area contributed by atoms with Crippen molar-refractivity contribution >= 4 is 11.6 Å². The van der Waals surface area contributed by atoms with Gasteiger partial charge < -0.3 is 19.5 Å². The summed E-state index contributed by atoms with van der Waals surface area (Å²) in [4.78, 5) is 19.3. The zero-order valence-electron chi connectivity index (χ0n) is 16.0. The Morgan fingerprint density at radius 3 is 2.57 bits per heavy atom. The van der Waals surface area contributed by atoms with Crippen LogP contribution in [-0.4, -0.2) is 46.9 Å². The van der Waals surface area contributed by atoms with Gasteiger partial charge in [-0.25, -0.2) is 4.98 Å². The van der Waals surface area contributed by atoms with Crippen molar-refractivity contribution in [3.8, 4) is 5.75 Å². The lowest BCUT2D eigenvalue weighted by molar-refractivity contribution is -0.274. The lowest BCUT2D eigenvalue weighted by atomic mass is 10.0. The van der Waals surface area contributed by atoms with Crippen molar-refractivity contribution in [2.24, 2.45) is 0 Å². The normalized spacial score (nSPS) is 16.2. The molecule has 3 rings (SSSR count). The number of nitrogens with zero attached hydrogens (tertiary/aromatic N) is 3. The van der Waals surface area contributed by atoms with Gasteiger partial charge in [0.1, 0.15) is 17.3 Å². The first-order valence-corrected chi connectivity index (χ1v) is 9.05. The Hall–Kier alpha value is -2.55. The Kier molecular flexibility index (Phi) is 5.64. The van der Waals surface area contributed by atoms with Crippen LogP contribution in [0.15, 0.2) is 24.3 Å². The third-order valence-corrected chi connectivity index (χ3v) is 4.92. The maximum absolute atomic E-state index is 12.7. The van der Waals surface area contributed by atoms with E-state index < -0.39 is 18.0 Å². The van der Waals surface area contributed by atoms with E-state index in [1.807, 2.05) is 13.8 Å². The van der Waals surface area contributed by atoms with Crippen LogP contribution < -0.4 is 10.1 Å². The molecule has 1 aliphatic heterocycles. The molecule has 1 aromatic heterocycles. The minimum atomic E-state index is -4.79. The fraction of sp³-hybridized carbons (Fsp3) is 0.474. The van der Waals surface area contributed by atoms with Gasteiger partial charge in [0, 0.05) is 23.5 Å². The van der Waals surface area contributed by atoms with Crippen molar-refractivity contribution in [1.82, 2.24) is 14.5 Å². The number of piperidine rings is 1. The molecular formula is C19H23F3N4O2. The summed E-state index contributed by atoms with van der Waals surface area (Å²) in [5, 5.41) is 2.61. The van der Waals surface area contributed by atoms with Gasteiger partial charge >= 0.3 is 6.36 Å². The van der Waals surface area contributed by atoms with E-state index in [0.29, 0.717) is 0 Å². The predicted molar refractivity (Wildman–Crippen MR) is 98.5 cm³/mol. The molecule has 0 radical (unpaired) electrons. The van der Waals surface area contributed by atoms with Crippen LogP contribution in [0.4, 0.5) is 18.9 Å². The van der Waals surface area contributed by atoms with Gasteiger partial charge in [0.15, 0.2) is 0 Å². The van der Waals surface area contributed by atoms with Crippen molar-refractivity contribution in [1.29, 1.82) is 0 Å². The first kappa shape index (κ1) is 20.2. The molecule has 2 heterocycles. The topological polar surface area (TPSA) is 59.4 Å². The molecule has 0 saturated carbocycles. The van der Waals surface area contributed by atoms with E-state index in [1.54, 1.807) is 0 Å². The maximum atomic E-state index is 12.7. The second-order valence-electron chi connectivity index (χ2n) is 7.03. The number of alkyl halides is 3. The van der Waals surface area contributed by atoms with Gasteiger partial charge in [-0.3, -0.25) is 4.79 Å². The lowest BCUT2D eigenvalue weighted by Gasteiger charge is -2.31. The molecular weight excluding hydrogens is 373 g/mol. The quantitative estimate of drug-likeness (QED) is 0.851. The number of imidazole rings is 1. The summed E-state index contributed by atoms with van der Waals surface area (Å²) in [5.41, 5.74) is 1.24. The molecule has 1 N–H and O–H groups in total. The summed E-state index contributed by atoms with van der Waals surface area (Å²) in [6.07, 6.45) is -2.83. The summed E-state index contributed by atoms with van der Waals surface area (Å²) in [7, 11) is 2.08. The second kappa shape index (κ2) is 7.83. The van der Waals surface area contributed by atoms with Gasteiger partial charge in [0.25, 0.3) is 5.91 Å². The molecule has 152 valence electrons. The SMILES string of the molecule is Cc1nc(C(=O)Nc2cccc(OC(F)(F)F)c2)c(C)n1C1CCN(C)CC1. The number of hydrogen-bond acceptors (Lipinski definition) is 4. The van der Waals surface area contributed by atoms with E-state index in [0.717, 1.165) is 43.5 Å². The molecule has 6 nitrogen and oxygen atoms in total. The predicted octanol–water partition coefficient (Wildman–Crippen LogP) is 3.92. The Labute approximate surface area is 161 Å². The average molecular weight is 396 g/mol. The van der Waals surface area contributed by atoms with Crippen molar-refractivity contribution in [2.75, 3.05) is 25.5 Å². The number of likely N-dealkylation sites (tertiary alicyclic amines) is 1. The van der Waals surface area contributed by atoms with Gasteiger partial charge in [0.2, 0.25) is 0 Å². The zero-order valence-corrected chi connectivity index (χ0v) is 16.0. The molecule has 2 aromatic rings. The van der Waals surface area contributed by atoms with E-state index in [9.17, 15) is 18.0 Å². The van der Waals surface area contributed by atoms with E-state index in [2.05, 4.69) is 31.6 Å². The lowest BCUT2D eigenvalue weighted by Crippen LogP contribution is -2.32. The molecule has 1 amide bonds. The third-order valence-electron chi connectivity index (χ3n) is 4.92. The Morgan fingerprint density at radius 1 is 1.25 bits per heavy atom. The maximum Gasteiger partial charge on any atom is 0.573 e. The van der Waals surface area contributed by atoms with E-state index in [4.69, 9.17) is 0 Å². The number of benzene rings is 1. The summed E-state index contributed by atoms with van der Waals surface area (Å²) in [6.45, 7) is 5.67. The number of carbonyl (C=O) groups is 1. The van der Waals surface area contributed by atoms with Gasteiger partial charge in [-0.15, -0.1) is 13.2 Å². The third kappa shape index (κ3) is 4.64. The van der Waals surface area contributed by atoms with Crippen LogP contribution in [0.3, 0.4) is 0 Å². The van der Waals surface area contributed by atoms with E-state index in [-0.39, 0.29) is 17.4 Å². The zero-order chi connectivity index (χ0) is 20.5. The first-order chi connectivity index (χ1) is 13.1. The molecule has 0 unspecified atom stereocenters. The number of aryl methyl sites for hydroxylation is 1. The highest BCUT2D eigenvalue weighted by Crippen LogP contribution is 2.28. The molecule has 1 fully saturated rings. The minimum Gasteiger partial charge on any atom is -0.406 e. The second-order valence-corrected chi connectivity index (χ2v) is 7.03. The number of carbonyl (C=O) groups excluding carboxylic acids is 1. The van der Waals surface area contributed by atoms with E-state index in [1.165, 1.54) is 18.2 Å². The standard InChI is InChI=1S/C19H23F3N4O2/c1-12-17(23-13(2)26(12)15-7-9-25(3)10-8-15)18(27)24-14-5-4-6-16(11-14)28-19(20,21)22/h4-6,11,15H,7-10H2,1-3H3,(H,24,27). The highest BCUT2D eigenvalue weighted by molar-refractivity contribution is 6.03. The summed E-state index contributed by atoms with van der Waals surface area (Å²) in [5.74, 6) is -0.0992. The number of aromatic nitrogens is 2. The Morgan fingerprint density at radius 2 is 1.93 bits per heavy atom. The number of anilines is 1. The fourth-order valence-corrected chi connectivity index (χ4v) is 3.62. The molecule has 0 spiro atoms. The van der Waals surface area contributed by atoms with Gasteiger partial charge in [0.05, 0.1) is 0 Å². The Bertz CT molecular complexity index is 855. The molecule has 0 aliphatic carbocycles. The van der Waals surface area contributed by atoms with Crippen molar-refractivity contribution in [2.45, 2.75) is 39.1 Å². The largest absolute Gasteiger partial charge is 0.573 e. The highest BCUT2D eigenvalue weighted by Gasteiger charge is 2.31. The van der Waals surface area contributed by atoms with Crippen LogP contribution in [0.1, 0.15) is 40.9 Å². The molecule has 0 atom stereocenters. The van der Waals surface area contributed by atoms with Crippen molar-refractivity contribution < 1.29 is 22.7 Å². The van der Waals surface area contributed by atoms with Gasteiger partial charge in [-0.2, -0.15) is 0 Å². The number of rotatable bonds is 4. The molecule has 1 saturated heterocycles. The van der Waals surface area contributed by atoms with Gasteiger partial charge in [-0.05, 0) is 59.0 Å². The number of nitrogens with one attached hydrogen (secondary N) is 1. The van der Waals surface area contributed by atoms with Crippen LogP contribution in [-0.2, 0) is 0 Å². The van der Waals surface area contributed by atoms with Crippen molar-refractivity contribution in [3.63, 3.8) is 0 Å². The molecule has 1 aromatic carbocycles. The number of amides is 1. The van der Waals surface area contributed by atoms with Crippen LogP contribution >= 0.6 is 0 Å². The van der Waals surface area contributed by atoms with Gasteiger partial charge in [-0.1, -0.05) is 6.07 Å². The number of hydrogen-bond donors (Lipinski definition) is 1. The molecule has 9 heteroatoms. The number of ether oxygens (including phenoxy) is 1. The highest BCUT2D eigenvalue weighted by atomic mass is 19.4. The summed E-state index contributed by atoms with van der Waals surface area (Å²) < 4.78 is 43.1. The van der Waals surface area contributed by atoms with Crippen LogP contribution in [0.2, 0.25) is 0 Å². The first-order valence-electron chi connectivity index (χ1n) is 9.05. The summed E-state index contributed by atoms with van der Waals surface area (Å²) >= 11 is 0. The smallest absolute Gasteiger partial charge is 0.406 e. The van der Waals surface area contributed by atoms with Crippen LogP contribution in [0.5, 0.6) is 5.75 Å². The summed E-state index contributed by atoms with van der Waals surface area (Å²) in [6, 6.07) is 5.46. The van der Waals surface area contributed by atoms with Crippen molar-refractivity contribution in [3.05, 3.63) is 41.5 Å². The Balaban J connectivity index is 1.77. The number of halogens is 3. The van der Waals surface area contributed by atoms with Crippen LogP contribution in [0.25, 0.3) is 0 Å². The monoisotopic (exact) mass is 396 g/mol. The van der Waals surface area contributed by atoms with Crippen LogP contribution in [0, 0.1) is 13.8 Å². The minimum absolute atomic E-state index is 0.206. The van der Waals surface area contributed by atoms with E-state index >= 15 is 0 Å². The molecule has 0 bridgehead atoms. The average Bonchev–Trinajstić information content (AvgIpc) is 2.89.